The van der Waals surface area contributed by atoms with Crippen LogP contribution in [-0.2, 0) is 22.5 Å². The Morgan fingerprint density at radius 2 is 1.83 bits per heavy atom. The van der Waals surface area contributed by atoms with Gasteiger partial charge in [-0.15, -0.1) is 0 Å². The average molecular weight is 414 g/mol. The van der Waals surface area contributed by atoms with Crippen LogP contribution in [0.25, 0.3) is 11.1 Å². The molecule has 0 spiro atoms. The van der Waals surface area contributed by atoms with Crippen LogP contribution in [0.1, 0.15) is 47.4 Å². The SMILES string of the molecule is COC(=O)CCc1c(-c2ccc(N3CCCC3)cc2)c(C(N)=O)c(C)n1CCCO. The number of rotatable bonds is 9. The van der Waals surface area contributed by atoms with Gasteiger partial charge in [-0.25, -0.2) is 0 Å². The first-order chi connectivity index (χ1) is 14.5. The van der Waals surface area contributed by atoms with Gasteiger partial charge in [0.1, 0.15) is 0 Å². The van der Waals surface area contributed by atoms with Crippen molar-refractivity contribution in [2.24, 2.45) is 5.73 Å². The molecule has 1 aliphatic heterocycles. The number of aliphatic hydroxyl groups is 1. The summed E-state index contributed by atoms with van der Waals surface area (Å²) in [6.07, 6.45) is 3.59. The maximum absolute atomic E-state index is 12.4. The Balaban J connectivity index is 2.07. The smallest absolute Gasteiger partial charge is 0.305 e. The zero-order chi connectivity index (χ0) is 21.7. The van der Waals surface area contributed by atoms with E-state index in [9.17, 15) is 14.7 Å². The van der Waals surface area contributed by atoms with E-state index in [4.69, 9.17) is 10.5 Å². The number of hydrogen-bond acceptors (Lipinski definition) is 5. The van der Waals surface area contributed by atoms with Crippen molar-refractivity contribution in [3.05, 3.63) is 41.2 Å². The molecule has 3 rings (SSSR count). The van der Waals surface area contributed by atoms with Crippen LogP contribution in [0.2, 0.25) is 0 Å². The molecule has 1 aromatic carbocycles. The second kappa shape index (κ2) is 9.80. The van der Waals surface area contributed by atoms with E-state index >= 15 is 0 Å². The van der Waals surface area contributed by atoms with Crippen LogP contribution in [0, 0.1) is 6.92 Å². The summed E-state index contributed by atoms with van der Waals surface area (Å²) in [6, 6.07) is 8.20. The molecule has 162 valence electrons. The van der Waals surface area contributed by atoms with Crippen molar-refractivity contribution >= 4 is 17.6 Å². The van der Waals surface area contributed by atoms with Gasteiger partial charge in [-0.3, -0.25) is 9.59 Å². The largest absolute Gasteiger partial charge is 0.469 e. The number of aliphatic hydroxyl groups excluding tert-OH is 1. The normalized spacial score (nSPS) is 13.6. The summed E-state index contributed by atoms with van der Waals surface area (Å²) in [5.41, 5.74) is 10.7. The lowest BCUT2D eigenvalue weighted by Gasteiger charge is -2.18. The predicted molar refractivity (Wildman–Crippen MR) is 117 cm³/mol. The molecule has 0 saturated carbocycles. The van der Waals surface area contributed by atoms with Gasteiger partial charge in [-0.2, -0.15) is 0 Å². The zero-order valence-corrected chi connectivity index (χ0v) is 17.8. The van der Waals surface area contributed by atoms with Gasteiger partial charge in [0.25, 0.3) is 5.91 Å². The number of benzene rings is 1. The molecule has 7 nitrogen and oxygen atoms in total. The van der Waals surface area contributed by atoms with E-state index in [2.05, 4.69) is 17.0 Å². The molecule has 3 N–H and O–H groups in total. The molecule has 0 radical (unpaired) electrons. The van der Waals surface area contributed by atoms with Crippen molar-refractivity contribution in [1.29, 1.82) is 0 Å². The minimum Gasteiger partial charge on any atom is -0.469 e. The number of anilines is 1. The summed E-state index contributed by atoms with van der Waals surface area (Å²) >= 11 is 0. The summed E-state index contributed by atoms with van der Waals surface area (Å²) in [4.78, 5) is 26.5. The molecule has 0 aliphatic carbocycles. The summed E-state index contributed by atoms with van der Waals surface area (Å²) in [5, 5.41) is 9.32. The first-order valence-electron chi connectivity index (χ1n) is 10.5. The summed E-state index contributed by atoms with van der Waals surface area (Å²) in [6.45, 7) is 4.58. The number of esters is 1. The molecule has 1 aromatic heterocycles. The fourth-order valence-electron chi connectivity index (χ4n) is 4.34. The summed E-state index contributed by atoms with van der Waals surface area (Å²) < 4.78 is 6.81. The molecule has 0 unspecified atom stereocenters. The van der Waals surface area contributed by atoms with Crippen LogP contribution in [0.4, 0.5) is 5.69 Å². The van der Waals surface area contributed by atoms with Crippen molar-refractivity contribution in [3.63, 3.8) is 0 Å². The number of carbonyl (C=O) groups excluding carboxylic acids is 2. The highest BCUT2D eigenvalue weighted by molar-refractivity contribution is 6.02. The van der Waals surface area contributed by atoms with E-state index in [-0.39, 0.29) is 19.0 Å². The van der Waals surface area contributed by atoms with Crippen molar-refractivity contribution < 1.29 is 19.4 Å². The van der Waals surface area contributed by atoms with Gasteiger partial charge >= 0.3 is 5.97 Å². The maximum Gasteiger partial charge on any atom is 0.305 e. The molecule has 2 heterocycles. The van der Waals surface area contributed by atoms with Crippen LogP contribution in [0.5, 0.6) is 0 Å². The number of methoxy groups -OCH3 is 1. The van der Waals surface area contributed by atoms with Crippen molar-refractivity contribution in [2.45, 2.75) is 45.6 Å². The Bertz CT molecular complexity index is 896. The van der Waals surface area contributed by atoms with E-state index in [1.54, 1.807) is 0 Å². The lowest BCUT2D eigenvalue weighted by molar-refractivity contribution is -0.140. The molecule has 1 amide bonds. The van der Waals surface area contributed by atoms with Gasteiger partial charge in [0.2, 0.25) is 0 Å². The zero-order valence-electron chi connectivity index (χ0n) is 17.8. The number of hydrogen-bond donors (Lipinski definition) is 2. The number of nitrogens with two attached hydrogens (primary N) is 1. The topological polar surface area (TPSA) is 97.8 Å². The first-order valence-corrected chi connectivity index (χ1v) is 10.5. The third kappa shape index (κ3) is 4.51. The van der Waals surface area contributed by atoms with Crippen LogP contribution >= 0.6 is 0 Å². The highest BCUT2D eigenvalue weighted by atomic mass is 16.5. The van der Waals surface area contributed by atoms with Crippen LogP contribution in [-0.4, -0.2) is 48.4 Å². The van der Waals surface area contributed by atoms with E-state index in [0.29, 0.717) is 24.9 Å². The van der Waals surface area contributed by atoms with E-state index in [1.807, 2.05) is 23.6 Å². The molecule has 1 fully saturated rings. The molecular formula is C23H31N3O4. The Morgan fingerprint density at radius 1 is 1.17 bits per heavy atom. The Hall–Kier alpha value is -2.80. The van der Waals surface area contributed by atoms with Gasteiger partial charge in [0.15, 0.2) is 0 Å². The van der Waals surface area contributed by atoms with E-state index in [1.165, 1.54) is 25.6 Å². The third-order valence-electron chi connectivity index (χ3n) is 5.84. The fourth-order valence-corrected chi connectivity index (χ4v) is 4.34. The van der Waals surface area contributed by atoms with Gasteiger partial charge in [-0.05, 0) is 50.3 Å². The Labute approximate surface area is 177 Å². The number of ether oxygens (including phenoxy) is 1. The highest BCUT2D eigenvalue weighted by Crippen LogP contribution is 2.35. The highest BCUT2D eigenvalue weighted by Gasteiger charge is 2.25. The number of carbonyl (C=O) groups is 2. The molecule has 30 heavy (non-hydrogen) atoms. The number of primary amides is 1. The Kier molecular flexibility index (Phi) is 7.15. The fraction of sp³-hybridized carbons (Fsp3) is 0.478. The van der Waals surface area contributed by atoms with Crippen molar-refractivity contribution in [1.82, 2.24) is 4.57 Å². The lowest BCUT2D eigenvalue weighted by atomic mass is 9.97. The molecule has 7 heteroatoms. The maximum atomic E-state index is 12.4. The third-order valence-corrected chi connectivity index (χ3v) is 5.84. The van der Waals surface area contributed by atoms with Crippen LogP contribution in [0.15, 0.2) is 24.3 Å². The molecule has 0 bridgehead atoms. The second-order valence-corrected chi connectivity index (χ2v) is 7.69. The van der Waals surface area contributed by atoms with Gasteiger partial charge in [0, 0.05) is 48.9 Å². The number of amides is 1. The summed E-state index contributed by atoms with van der Waals surface area (Å²) in [5.74, 6) is -0.799. The monoisotopic (exact) mass is 413 g/mol. The minimum atomic E-state index is -0.492. The molecule has 2 aromatic rings. The van der Waals surface area contributed by atoms with Crippen LogP contribution < -0.4 is 10.6 Å². The average Bonchev–Trinajstić information content (AvgIpc) is 3.37. The summed E-state index contributed by atoms with van der Waals surface area (Å²) in [7, 11) is 1.37. The van der Waals surface area contributed by atoms with E-state index in [0.717, 1.165) is 35.6 Å². The van der Waals surface area contributed by atoms with Gasteiger partial charge < -0.3 is 25.0 Å². The van der Waals surface area contributed by atoms with E-state index < -0.39 is 5.91 Å². The van der Waals surface area contributed by atoms with Crippen LogP contribution in [0.3, 0.4) is 0 Å². The van der Waals surface area contributed by atoms with Crippen molar-refractivity contribution in [3.8, 4) is 11.1 Å². The Morgan fingerprint density at radius 3 is 2.40 bits per heavy atom. The molecule has 1 aliphatic rings. The minimum absolute atomic E-state index is 0.0415. The number of nitrogens with zero attached hydrogens (tertiary/aromatic N) is 2. The quantitative estimate of drug-likeness (QED) is 0.616. The van der Waals surface area contributed by atoms with Gasteiger partial charge in [-0.1, -0.05) is 12.1 Å². The molecule has 1 saturated heterocycles. The lowest BCUT2D eigenvalue weighted by Crippen LogP contribution is -2.17. The predicted octanol–water partition coefficient (Wildman–Crippen LogP) is 2.65. The number of aromatic nitrogens is 1. The molecular weight excluding hydrogens is 382 g/mol. The second-order valence-electron chi connectivity index (χ2n) is 7.69. The van der Waals surface area contributed by atoms with Gasteiger partial charge in [0.05, 0.1) is 19.1 Å². The van der Waals surface area contributed by atoms with Crippen molar-refractivity contribution in [2.75, 3.05) is 31.7 Å². The molecule has 0 atom stereocenters. The standard InChI is InChI=1S/C23H31N3O4/c1-16-21(23(24)29)22(17-6-8-18(9-7-17)25-12-3-4-13-25)19(10-11-20(28)30-2)26(16)14-5-15-27/h6-9,27H,3-5,10-15H2,1-2H3,(H2,24,29). The first kappa shape index (κ1) is 21.9.